The van der Waals surface area contributed by atoms with Crippen molar-refractivity contribution in [1.82, 2.24) is 20.1 Å². The number of nitrogens with two attached hydrogens (primary N) is 1. The van der Waals surface area contributed by atoms with Crippen LogP contribution in [0.3, 0.4) is 0 Å². The number of anilines is 2. The Bertz CT molecular complexity index is 975. The maximum Gasteiger partial charge on any atom is 0.246 e. The molecule has 9 nitrogen and oxygen atoms in total. The molecule has 31 heavy (non-hydrogen) atoms. The zero-order valence-electron chi connectivity index (χ0n) is 17.6. The standard InChI is InChI=1S/C20H29ClN6O3S/c1-31(28,29)13-18-11-27(17(12-30-18)10-14-2-4-15(21)5-3-14)16-6-8-26(9-7-16)20-23-19(22)24-25-20/h2-5,16-18H,6-13H2,1H3,(H3,22,23,24,25)/t17-,18+/m0/s1. The summed E-state index contributed by atoms with van der Waals surface area (Å²) in [6.07, 6.45) is 3.68. The Hall–Kier alpha value is -1.88. The number of nitrogen functional groups attached to an aromatic ring is 1. The zero-order valence-corrected chi connectivity index (χ0v) is 19.1. The lowest BCUT2D eigenvalue weighted by Crippen LogP contribution is -2.58. The third-order valence-electron chi connectivity index (χ3n) is 5.99. The lowest BCUT2D eigenvalue weighted by atomic mass is 9.96. The molecule has 0 aliphatic carbocycles. The Balaban J connectivity index is 1.45. The van der Waals surface area contributed by atoms with Gasteiger partial charge in [-0.2, -0.15) is 4.98 Å². The van der Waals surface area contributed by atoms with E-state index in [2.05, 4.69) is 25.0 Å². The molecule has 1 aromatic heterocycles. The highest BCUT2D eigenvalue weighted by Gasteiger charge is 2.36. The van der Waals surface area contributed by atoms with Crippen LogP contribution in [-0.4, -0.2) is 84.9 Å². The number of nitrogens with one attached hydrogen (secondary N) is 1. The monoisotopic (exact) mass is 468 g/mol. The van der Waals surface area contributed by atoms with Crippen molar-refractivity contribution >= 4 is 33.3 Å². The summed E-state index contributed by atoms with van der Waals surface area (Å²) in [7, 11) is -3.11. The molecule has 11 heteroatoms. The number of sulfone groups is 1. The van der Waals surface area contributed by atoms with Gasteiger partial charge in [-0.25, -0.2) is 13.5 Å². The van der Waals surface area contributed by atoms with Crippen LogP contribution in [0, 0.1) is 0 Å². The third kappa shape index (κ3) is 5.88. The quantitative estimate of drug-likeness (QED) is 0.652. The molecule has 0 bridgehead atoms. The van der Waals surface area contributed by atoms with E-state index in [-0.39, 0.29) is 17.9 Å². The number of aromatic nitrogens is 3. The highest BCUT2D eigenvalue weighted by molar-refractivity contribution is 7.90. The number of aromatic amines is 1. The number of rotatable bonds is 6. The van der Waals surface area contributed by atoms with Crippen LogP contribution in [0.2, 0.25) is 5.02 Å². The molecular weight excluding hydrogens is 440 g/mol. The number of nitrogens with zero attached hydrogens (tertiary/aromatic N) is 4. The highest BCUT2D eigenvalue weighted by Crippen LogP contribution is 2.27. The number of hydrogen-bond donors (Lipinski definition) is 2. The first kappa shape index (κ1) is 22.3. The summed E-state index contributed by atoms with van der Waals surface area (Å²) in [5, 5.41) is 7.57. The second-order valence-corrected chi connectivity index (χ2v) is 11.1. The van der Waals surface area contributed by atoms with Crippen molar-refractivity contribution < 1.29 is 13.2 Å². The molecule has 0 unspecified atom stereocenters. The number of piperidine rings is 1. The van der Waals surface area contributed by atoms with Crippen LogP contribution in [0.4, 0.5) is 11.9 Å². The van der Waals surface area contributed by atoms with Crippen LogP contribution in [0.25, 0.3) is 0 Å². The first-order valence-corrected chi connectivity index (χ1v) is 12.9. The largest absolute Gasteiger partial charge is 0.374 e. The number of H-pyrrole nitrogens is 1. The Morgan fingerprint density at radius 1 is 1.26 bits per heavy atom. The molecule has 1 aromatic carbocycles. The molecule has 0 spiro atoms. The van der Waals surface area contributed by atoms with Crippen molar-refractivity contribution in [3.8, 4) is 0 Å². The lowest BCUT2D eigenvalue weighted by molar-refractivity contribution is -0.0731. The van der Waals surface area contributed by atoms with Crippen LogP contribution in [0.5, 0.6) is 0 Å². The van der Waals surface area contributed by atoms with Gasteiger partial charge < -0.3 is 15.4 Å². The van der Waals surface area contributed by atoms with E-state index in [4.69, 9.17) is 22.1 Å². The molecule has 2 atom stereocenters. The van der Waals surface area contributed by atoms with E-state index in [9.17, 15) is 8.42 Å². The Labute approximate surface area is 187 Å². The van der Waals surface area contributed by atoms with Gasteiger partial charge in [0.2, 0.25) is 11.9 Å². The molecule has 3 N–H and O–H groups in total. The number of halogens is 1. The second kappa shape index (κ2) is 9.32. The van der Waals surface area contributed by atoms with E-state index in [1.807, 2.05) is 24.3 Å². The predicted octanol–water partition coefficient (Wildman–Crippen LogP) is 1.37. The fraction of sp³-hybridized carbons (Fsp3) is 0.600. The normalized spacial score (nSPS) is 23.9. The number of benzene rings is 1. The lowest BCUT2D eigenvalue weighted by Gasteiger charge is -2.46. The van der Waals surface area contributed by atoms with Crippen molar-refractivity contribution in [3.63, 3.8) is 0 Å². The summed E-state index contributed by atoms with van der Waals surface area (Å²) in [5.41, 5.74) is 6.85. The van der Waals surface area contributed by atoms with Crippen molar-refractivity contribution in [2.45, 2.75) is 37.5 Å². The van der Waals surface area contributed by atoms with E-state index in [0.717, 1.165) is 32.4 Å². The molecule has 2 saturated heterocycles. The summed E-state index contributed by atoms with van der Waals surface area (Å²) < 4.78 is 29.7. The molecule has 2 aliphatic rings. The van der Waals surface area contributed by atoms with Crippen LogP contribution >= 0.6 is 11.6 Å². The van der Waals surface area contributed by atoms with E-state index in [1.54, 1.807) is 0 Å². The molecule has 170 valence electrons. The number of ether oxygens (including phenoxy) is 1. The Morgan fingerprint density at radius 2 is 1.97 bits per heavy atom. The Kier molecular flexibility index (Phi) is 6.71. The van der Waals surface area contributed by atoms with E-state index < -0.39 is 9.84 Å². The minimum absolute atomic E-state index is 0.0481. The van der Waals surface area contributed by atoms with Crippen molar-refractivity contribution in [2.24, 2.45) is 0 Å². The molecular formula is C20H29ClN6O3S. The van der Waals surface area contributed by atoms with Gasteiger partial charge in [0, 0.05) is 43.0 Å². The summed E-state index contributed by atoms with van der Waals surface area (Å²) in [6, 6.07) is 8.42. The summed E-state index contributed by atoms with van der Waals surface area (Å²) in [4.78, 5) is 8.82. The van der Waals surface area contributed by atoms with Gasteiger partial charge in [-0.05, 0) is 37.0 Å². The molecule has 2 aliphatic heterocycles. The van der Waals surface area contributed by atoms with E-state index in [1.165, 1.54) is 11.8 Å². The first-order valence-electron chi connectivity index (χ1n) is 10.5. The Morgan fingerprint density at radius 3 is 2.58 bits per heavy atom. The fourth-order valence-electron chi connectivity index (χ4n) is 4.54. The van der Waals surface area contributed by atoms with Gasteiger partial charge in [0.1, 0.15) is 9.84 Å². The zero-order chi connectivity index (χ0) is 22.0. The molecule has 2 aromatic rings. The smallest absolute Gasteiger partial charge is 0.246 e. The predicted molar refractivity (Wildman–Crippen MR) is 121 cm³/mol. The van der Waals surface area contributed by atoms with Crippen LogP contribution < -0.4 is 10.6 Å². The van der Waals surface area contributed by atoms with E-state index in [0.29, 0.717) is 36.1 Å². The molecule has 4 rings (SSSR count). The SMILES string of the molecule is CS(=O)(=O)C[C@H]1CN(C2CCN(c3n[nH]c(N)n3)CC2)[C@@H](Cc2ccc(Cl)cc2)CO1. The van der Waals surface area contributed by atoms with Crippen LogP contribution in [-0.2, 0) is 21.0 Å². The fourth-order valence-corrected chi connectivity index (χ4v) is 5.54. The molecule has 0 saturated carbocycles. The van der Waals surface area contributed by atoms with Gasteiger partial charge in [0.05, 0.1) is 18.5 Å². The van der Waals surface area contributed by atoms with Crippen molar-refractivity contribution in [2.75, 3.05) is 48.9 Å². The highest BCUT2D eigenvalue weighted by atomic mass is 35.5. The van der Waals surface area contributed by atoms with Gasteiger partial charge in [0.15, 0.2) is 0 Å². The average molecular weight is 469 g/mol. The van der Waals surface area contributed by atoms with Gasteiger partial charge in [-0.15, -0.1) is 5.10 Å². The van der Waals surface area contributed by atoms with E-state index >= 15 is 0 Å². The van der Waals surface area contributed by atoms with Gasteiger partial charge in [-0.1, -0.05) is 23.7 Å². The number of morpholine rings is 1. The van der Waals surface area contributed by atoms with Gasteiger partial charge >= 0.3 is 0 Å². The minimum atomic E-state index is -3.11. The molecule has 0 amide bonds. The van der Waals surface area contributed by atoms with Gasteiger partial charge in [-0.3, -0.25) is 4.90 Å². The summed E-state index contributed by atoms with van der Waals surface area (Å²) in [6.45, 7) is 2.78. The van der Waals surface area contributed by atoms with Gasteiger partial charge in [0.25, 0.3) is 0 Å². The average Bonchev–Trinajstić information content (AvgIpc) is 3.16. The first-order chi connectivity index (χ1) is 14.8. The number of hydrogen-bond acceptors (Lipinski definition) is 8. The third-order valence-corrected chi connectivity index (χ3v) is 7.22. The summed E-state index contributed by atoms with van der Waals surface area (Å²) in [5.74, 6) is 0.995. The van der Waals surface area contributed by atoms with Crippen LogP contribution in [0.15, 0.2) is 24.3 Å². The minimum Gasteiger partial charge on any atom is -0.374 e. The second-order valence-electron chi connectivity index (χ2n) is 8.47. The van der Waals surface area contributed by atoms with Crippen LogP contribution in [0.1, 0.15) is 18.4 Å². The molecule has 0 radical (unpaired) electrons. The maximum atomic E-state index is 11.8. The maximum absolute atomic E-state index is 11.8. The van der Waals surface area contributed by atoms with Crippen molar-refractivity contribution in [1.29, 1.82) is 0 Å². The molecule has 3 heterocycles. The summed E-state index contributed by atoms with van der Waals surface area (Å²) >= 11 is 6.03. The molecule has 2 fully saturated rings. The topological polar surface area (TPSA) is 117 Å². The van der Waals surface area contributed by atoms with Crippen molar-refractivity contribution in [3.05, 3.63) is 34.9 Å².